The second-order valence-electron chi connectivity index (χ2n) is 7.15. The number of furan rings is 1. The van der Waals surface area contributed by atoms with Crippen molar-refractivity contribution in [3.8, 4) is 0 Å². The zero-order valence-electron chi connectivity index (χ0n) is 15.2. The van der Waals surface area contributed by atoms with E-state index < -0.39 is 0 Å². The third kappa shape index (κ3) is 4.32. The summed E-state index contributed by atoms with van der Waals surface area (Å²) in [6, 6.07) is 9.43. The quantitative estimate of drug-likeness (QED) is 0.874. The highest BCUT2D eigenvalue weighted by Gasteiger charge is 2.28. The SMILES string of the molecule is C[C@H](NC(=O)NCC(C)(C)N1CCOCC1)c1cc2ccccc2o1. The second kappa shape index (κ2) is 7.45. The van der Waals surface area contributed by atoms with E-state index >= 15 is 0 Å². The third-order valence-corrected chi connectivity index (χ3v) is 4.77. The summed E-state index contributed by atoms with van der Waals surface area (Å²) >= 11 is 0. The number of hydrogen-bond donors (Lipinski definition) is 2. The minimum Gasteiger partial charge on any atom is -0.459 e. The van der Waals surface area contributed by atoms with Gasteiger partial charge in [-0.2, -0.15) is 0 Å². The molecule has 0 radical (unpaired) electrons. The number of amides is 2. The zero-order valence-corrected chi connectivity index (χ0v) is 15.2. The molecule has 1 aromatic carbocycles. The Morgan fingerprint density at radius 1 is 1.28 bits per heavy atom. The number of para-hydroxylation sites is 1. The minimum absolute atomic E-state index is 0.107. The molecule has 25 heavy (non-hydrogen) atoms. The van der Waals surface area contributed by atoms with Gasteiger partial charge in [-0.3, -0.25) is 4.90 Å². The number of morpholine rings is 1. The van der Waals surface area contributed by atoms with Crippen molar-refractivity contribution >= 4 is 17.0 Å². The summed E-state index contributed by atoms with van der Waals surface area (Å²) in [5, 5.41) is 6.97. The first kappa shape index (κ1) is 17.8. The van der Waals surface area contributed by atoms with E-state index in [0.29, 0.717) is 6.54 Å². The first-order chi connectivity index (χ1) is 12.0. The van der Waals surface area contributed by atoms with E-state index in [2.05, 4.69) is 29.4 Å². The van der Waals surface area contributed by atoms with Crippen LogP contribution in [0, 0.1) is 0 Å². The van der Waals surface area contributed by atoms with Crippen LogP contribution in [0.4, 0.5) is 4.79 Å². The van der Waals surface area contributed by atoms with Crippen LogP contribution in [0.15, 0.2) is 34.7 Å². The van der Waals surface area contributed by atoms with Crippen LogP contribution in [0.1, 0.15) is 32.6 Å². The molecule has 0 unspecified atom stereocenters. The number of ether oxygens (including phenoxy) is 1. The highest BCUT2D eigenvalue weighted by Crippen LogP contribution is 2.23. The van der Waals surface area contributed by atoms with Crippen LogP contribution in [-0.4, -0.2) is 49.3 Å². The molecule has 1 fully saturated rings. The van der Waals surface area contributed by atoms with E-state index in [1.54, 1.807) is 0 Å². The Kier molecular flexibility index (Phi) is 5.30. The van der Waals surface area contributed by atoms with Crippen molar-refractivity contribution in [1.29, 1.82) is 0 Å². The molecular formula is C19H27N3O3. The summed E-state index contributed by atoms with van der Waals surface area (Å²) in [5.74, 6) is 0.754. The van der Waals surface area contributed by atoms with E-state index in [4.69, 9.17) is 9.15 Å². The van der Waals surface area contributed by atoms with E-state index in [9.17, 15) is 4.79 Å². The fourth-order valence-electron chi connectivity index (χ4n) is 3.11. The fraction of sp³-hybridized carbons (Fsp3) is 0.526. The third-order valence-electron chi connectivity index (χ3n) is 4.77. The van der Waals surface area contributed by atoms with Gasteiger partial charge in [-0.25, -0.2) is 4.79 Å². The van der Waals surface area contributed by atoms with Crippen LogP contribution in [0.3, 0.4) is 0 Å². The normalized spacial score (nSPS) is 17.4. The number of urea groups is 1. The number of carbonyl (C=O) groups is 1. The predicted molar refractivity (Wildman–Crippen MR) is 97.6 cm³/mol. The number of hydrogen-bond acceptors (Lipinski definition) is 4. The van der Waals surface area contributed by atoms with Crippen LogP contribution in [0.25, 0.3) is 11.0 Å². The maximum Gasteiger partial charge on any atom is 0.315 e. The zero-order chi connectivity index (χ0) is 17.9. The maximum absolute atomic E-state index is 12.3. The predicted octanol–water partition coefficient (Wildman–Crippen LogP) is 2.90. The molecule has 0 bridgehead atoms. The molecule has 6 nitrogen and oxygen atoms in total. The average Bonchev–Trinajstić information content (AvgIpc) is 3.05. The molecule has 6 heteroatoms. The van der Waals surface area contributed by atoms with Crippen molar-refractivity contribution in [1.82, 2.24) is 15.5 Å². The summed E-state index contributed by atoms with van der Waals surface area (Å²) in [4.78, 5) is 14.6. The molecule has 1 saturated heterocycles. The molecule has 3 rings (SSSR count). The minimum atomic E-state index is -0.195. The smallest absolute Gasteiger partial charge is 0.315 e. The van der Waals surface area contributed by atoms with Gasteiger partial charge in [0.25, 0.3) is 0 Å². The Labute approximate surface area is 148 Å². The Morgan fingerprint density at radius 3 is 2.72 bits per heavy atom. The van der Waals surface area contributed by atoms with Gasteiger partial charge in [0.15, 0.2) is 0 Å². The molecule has 0 saturated carbocycles. The van der Waals surface area contributed by atoms with Crippen LogP contribution in [0.2, 0.25) is 0 Å². The van der Waals surface area contributed by atoms with E-state index in [1.165, 1.54) is 0 Å². The standard InChI is InChI=1S/C19H27N3O3/c1-14(17-12-15-6-4-5-7-16(15)25-17)21-18(23)20-13-19(2,3)22-8-10-24-11-9-22/h4-7,12,14H,8-11,13H2,1-3H3,(H2,20,21,23)/t14-/m0/s1. The van der Waals surface area contributed by atoms with Crippen LogP contribution in [-0.2, 0) is 4.74 Å². The summed E-state index contributed by atoms with van der Waals surface area (Å²) in [5.41, 5.74) is 0.726. The largest absolute Gasteiger partial charge is 0.459 e. The number of nitrogens with one attached hydrogen (secondary N) is 2. The van der Waals surface area contributed by atoms with Crippen molar-refractivity contribution in [3.05, 3.63) is 36.1 Å². The maximum atomic E-state index is 12.3. The van der Waals surface area contributed by atoms with Gasteiger partial charge in [-0.05, 0) is 32.9 Å². The van der Waals surface area contributed by atoms with Gasteiger partial charge in [-0.15, -0.1) is 0 Å². The lowest BCUT2D eigenvalue weighted by Crippen LogP contribution is -2.56. The van der Waals surface area contributed by atoms with Gasteiger partial charge >= 0.3 is 6.03 Å². The molecule has 1 aromatic heterocycles. The molecule has 2 aromatic rings. The Hall–Kier alpha value is -2.05. The van der Waals surface area contributed by atoms with Crippen LogP contribution < -0.4 is 10.6 Å². The summed E-state index contributed by atoms with van der Waals surface area (Å²) < 4.78 is 11.2. The number of carbonyl (C=O) groups excluding carboxylic acids is 1. The monoisotopic (exact) mass is 345 g/mol. The first-order valence-electron chi connectivity index (χ1n) is 8.81. The van der Waals surface area contributed by atoms with Crippen molar-refractivity contribution in [2.45, 2.75) is 32.4 Å². The van der Waals surface area contributed by atoms with Gasteiger partial charge < -0.3 is 19.8 Å². The first-order valence-corrected chi connectivity index (χ1v) is 8.81. The number of fused-ring (bicyclic) bond motifs is 1. The van der Waals surface area contributed by atoms with E-state index in [1.807, 2.05) is 37.3 Å². The highest BCUT2D eigenvalue weighted by atomic mass is 16.5. The van der Waals surface area contributed by atoms with E-state index in [-0.39, 0.29) is 17.6 Å². The van der Waals surface area contributed by atoms with E-state index in [0.717, 1.165) is 43.0 Å². The molecule has 136 valence electrons. The molecule has 2 N–H and O–H groups in total. The van der Waals surface area contributed by atoms with Crippen molar-refractivity contribution in [2.24, 2.45) is 0 Å². The van der Waals surface area contributed by atoms with Crippen LogP contribution in [0.5, 0.6) is 0 Å². The van der Waals surface area contributed by atoms with Crippen molar-refractivity contribution in [2.75, 3.05) is 32.8 Å². The Morgan fingerprint density at radius 2 is 2.00 bits per heavy atom. The molecule has 1 aliphatic rings. The summed E-state index contributed by atoms with van der Waals surface area (Å²) in [6.45, 7) is 10.1. The van der Waals surface area contributed by atoms with Gasteiger partial charge in [0.05, 0.1) is 19.3 Å². The Balaban J connectivity index is 1.53. The summed E-state index contributed by atoms with van der Waals surface area (Å²) in [7, 11) is 0. The van der Waals surface area contributed by atoms with Crippen molar-refractivity contribution < 1.29 is 13.9 Å². The average molecular weight is 345 g/mol. The number of benzene rings is 1. The molecule has 1 atom stereocenters. The molecule has 0 aliphatic carbocycles. The van der Waals surface area contributed by atoms with Gasteiger partial charge in [0, 0.05) is 30.6 Å². The number of rotatable bonds is 5. The lowest BCUT2D eigenvalue weighted by Gasteiger charge is -2.40. The molecule has 0 spiro atoms. The van der Waals surface area contributed by atoms with Gasteiger partial charge in [0.1, 0.15) is 11.3 Å². The lowest BCUT2D eigenvalue weighted by atomic mass is 10.0. The second-order valence-corrected chi connectivity index (χ2v) is 7.15. The molecule has 2 heterocycles. The fourth-order valence-corrected chi connectivity index (χ4v) is 3.11. The van der Waals surface area contributed by atoms with Gasteiger partial charge in [-0.1, -0.05) is 18.2 Å². The molecule has 2 amide bonds. The Bertz CT molecular complexity index is 687. The summed E-state index contributed by atoms with van der Waals surface area (Å²) in [6.07, 6.45) is 0. The van der Waals surface area contributed by atoms with Crippen molar-refractivity contribution in [3.63, 3.8) is 0 Å². The topological polar surface area (TPSA) is 66.7 Å². The molecule has 1 aliphatic heterocycles. The highest BCUT2D eigenvalue weighted by molar-refractivity contribution is 5.78. The van der Waals surface area contributed by atoms with Gasteiger partial charge in [0.2, 0.25) is 0 Å². The molecular weight excluding hydrogens is 318 g/mol. The van der Waals surface area contributed by atoms with Crippen LogP contribution >= 0.6 is 0 Å². The lowest BCUT2D eigenvalue weighted by molar-refractivity contribution is -0.00876. The number of nitrogens with zero attached hydrogens (tertiary/aromatic N) is 1.